The molecule has 1 heterocycles. The number of nitrogens with zero attached hydrogens (tertiary/aromatic N) is 1. The molecule has 1 unspecified atom stereocenters. The monoisotopic (exact) mass is 279 g/mol. The van der Waals surface area contributed by atoms with Crippen molar-refractivity contribution < 1.29 is 14.7 Å². The number of amides is 1. The largest absolute Gasteiger partial charge is 0.480 e. The fourth-order valence-corrected chi connectivity index (χ4v) is 2.75. The third-order valence-corrected chi connectivity index (χ3v) is 4.12. The normalized spacial score (nSPS) is 18.6. The third kappa shape index (κ3) is 3.29. The maximum Gasteiger partial charge on any atom is 0.326 e. The Hall–Kier alpha value is -1.49. The summed E-state index contributed by atoms with van der Waals surface area (Å²) >= 11 is 1.65. The molecule has 5 heteroatoms. The highest BCUT2D eigenvalue weighted by Gasteiger charge is 2.33. The van der Waals surface area contributed by atoms with E-state index in [1.54, 1.807) is 11.8 Å². The minimum absolute atomic E-state index is 0.0956. The third-order valence-electron chi connectivity index (χ3n) is 3.37. The maximum atomic E-state index is 12.1. The summed E-state index contributed by atoms with van der Waals surface area (Å²) in [5.74, 6) is -0.995. The molecule has 1 aromatic carbocycles. The highest BCUT2D eigenvalue weighted by atomic mass is 32.2. The smallest absolute Gasteiger partial charge is 0.326 e. The van der Waals surface area contributed by atoms with Crippen LogP contribution in [-0.2, 0) is 16.0 Å². The van der Waals surface area contributed by atoms with Gasteiger partial charge in [0, 0.05) is 11.4 Å². The van der Waals surface area contributed by atoms with Gasteiger partial charge in [0.25, 0.3) is 0 Å². The molecule has 0 radical (unpaired) electrons. The van der Waals surface area contributed by atoms with E-state index < -0.39 is 12.0 Å². The van der Waals surface area contributed by atoms with Gasteiger partial charge in [-0.25, -0.2) is 4.79 Å². The van der Waals surface area contributed by atoms with E-state index in [0.717, 1.165) is 16.9 Å². The van der Waals surface area contributed by atoms with E-state index in [1.807, 2.05) is 30.5 Å². The molecule has 1 aromatic rings. The molecule has 1 fully saturated rings. The van der Waals surface area contributed by atoms with E-state index in [0.29, 0.717) is 13.0 Å². The SMILES string of the molecule is CSc1ccc(CC(=O)N2CCCC2C(=O)O)cc1. The van der Waals surface area contributed by atoms with Crippen molar-refractivity contribution in [3.63, 3.8) is 0 Å². The van der Waals surface area contributed by atoms with Crippen molar-refractivity contribution in [2.45, 2.75) is 30.2 Å². The molecular formula is C14H17NO3S. The summed E-state index contributed by atoms with van der Waals surface area (Å²) in [4.78, 5) is 25.8. The van der Waals surface area contributed by atoms with E-state index in [-0.39, 0.29) is 12.3 Å². The lowest BCUT2D eigenvalue weighted by Crippen LogP contribution is -2.41. The van der Waals surface area contributed by atoms with Gasteiger partial charge in [-0.15, -0.1) is 11.8 Å². The van der Waals surface area contributed by atoms with Crippen LogP contribution in [0.25, 0.3) is 0 Å². The van der Waals surface area contributed by atoms with Crippen molar-refractivity contribution in [1.29, 1.82) is 0 Å². The van der Waals surface area contributed by atoms with Crippen molar-refractivity contribution >= 4 is 23.6 Å². The summed E-state index contributed by atoms with van der Waals surface area (Å²) in [7, 11) is 0. The number of thioether (sulfide) groups is 1. The van der Waals surface area contributed by atoms with Crippen LogP contribution in [0.1, 0.15) is 18.4 Å². The number of hydrogen-bond acceptors (Lipinski definition) is 3. The van der Waals surface area contributed by atoms with Crippen LogP contribution in [0.5, 0.6) is 0 Å². The Kier molecular flexibility index (Phi) is 4.47. The fraction of sp³-hybridized carbons (Fsp3) is 0.429. The predicted molar refractivity (Wildman–Crippen MR) is 74.3 cm³/mol. The molecule has 0 bridgehead atoms. The predicted octanol–water partition coefficient (Wildman–Crippen LogP) is 2.03. The first-order valence-electron chi connectivity index (χ1n) is 6.27. The molecule has 0 aromatic heterocycles. The highest BCUT2D eigenvalue weighted by molar-refractivity contribution is 7.98. The topological polar surface area (TPSA) is 57.6 Å². The van der Waals surface area contributed by atoms with Crippen LogP contribution in [0, 0.1) is 0 Å². The average molecular weight is 279 g/mol. The van der Waals surface area contributed by atoms with Gasteiger partial charge in [0.15, 0.2) is 0 Å². The number of carbonyl (C=O) groups is 2. The molecule has 1 saturated heterocycles. The molecule has 1 amide bonds. The zero-order chi connectivity index (χ0) is 13.8. The Bertz CT molecular complexity index is 472. The average Bonchev–Trinajstić information content (AvgIpc) is 2.89. The number of benzene rings is 1. The molecular weight excluding hydrogens is 262 g/mol. The zero-order valence-electron chi connectivity index (χ0n) is 10.8. The Morgan fingerprint density at radius 1 is 1.37 bits per heavy atom. The summed E-state index contributed by atoms with van der Waals surface area (Å²) in [5, 5.41) is 9.07. The summed E-state index contributed by atoms with van der Waals surface area (Å²) in [6, 6.07) is 7.17. The van der Waals surface area contributed by atoms with E-state index in [9.17, 15) is 9.59 Å². The molecule has 1 N–H and O–H groups in total. The van der Waals surface area contributed by atoms with Gasteiger partial charge in [-0.3, -0.25) is 4.79 Å². The lowest BCUT2D eigenvalue weighted by Gasteiger charge is -2.21. The van der Waals surface area contributed by atoms with Crippen LogP contribution in [0.2, 0.25) is 0 Å². The second-order valence-electron chi connectivity index (χ2n) is 4.61. The number of rotatable bonds is 4. The minimum Gasteiger partial charge on any atom is -0.480 e. The molecule has 1 aliphatic heterocycles. The first-order valence-corrected chi connectivity index (χ1v) is 7.49. The molecule has 102 valence electrons. The molecule has 1 aliphatic rings. The molecule has 19 heavy (non-hydrogen) atoms. The van der Waals surface area contributed by atoms with Crippen LogP contribution in [0.15, 0.2) is 29.2 Å². The molecule has 0 aliphatic carbocycles. The fourth-order valence-electron chi connectivity index (χ4n) is 2.34. The maximum absolute atomic E-state index is 12.1. The van der Waals surface area contributed by atoms with E-state index in [2.05, 4.69) is 0 Å². The van der Waals surface area contributed by atoms with Gasteiger partial charge >= 0.3 is 5.97 Å². The minimum atomic E-state index is -0.899. The van der Waals surface area contributed by atoms with Gasteiger partial charge in [0.1, 0.15) is 6.04 Å². The molecule has 0 spiro atoms. The lowest BCUT2D eigenvalue weighted by molar-refractivity contribution is -0.148. The quantitative estimate of drug-likeness (QED) is 0.857. The standard InChI is InChI=1S/C14H17NO3S/c1-19-11-6-4-10(5-7-11)9-13(16)15-8-2-3-12(15)14(17)18/h4-7,12H,2-3,8-9H2,1H3,(H,17,18). The first-order chi connectivity index (χ1) is 9.11. The molecule has 2 rings (SSSR count). The van der Waals surface area contributed by atoms with Crippen LogP contribution >= 0.6 is 11.8 Å². The van der Waals surface area contributed by atoms with Crippen LogP contribution < -0.4 is 0 Å². The number of hydrogen-bond donors (Lipinski definition) is 1. The Morgan fingerprint density at radius 2 is 2.05 bits per heavy atom. The Balaban J connectivity index is 2.01. The van der Waals surface area contributed by atoms with Gasteiger partial charge in [-0.05, 0) is 36.8 Å². The van der Waals surface area contributed by atoms with Gasteiger partial charge in [-0.2, -0.15) is 0 Å². The number of carbonyl (C=O) groups excluding carboxylic acids is 1. The van der Waals surface area contributed by atoms with Gasteiger partial charge in [0.05, 0.1) is 6.42 Å². The van der Waals surface area contributed by atoms with Crippen LogP contribution in [0.4, 0.5) is 0 Å². The van der Waals surface area contributed by atoms with Crippen LogP contribution in [0.3, 0.4) is 0 Å². The lowest BCUT2D eigenvalue weighted by atomic mass is 10.1. The highest BCUT2D eigenvalue weighted by Crippen LogP contribution is 2.20. The molecule has 0 saturated carbocycles. The van der Waals surface area contributed by atoms with E-state index in [4.69, 9.17) is 5.11 Å². The van der Waals surface area contributed by atoms with Crippen molar-refractivity contribution in [2.75, 3.05) is 12.8 Å². The Morgan fingerprint density at radius 3 is 2.63 bits per heavy atom. The van der Waals surface area contributed by atoms with Crippen molar-refractivity contribution in [1.82, 2.24) is 4.90 Å². The van der Waals surface area contributed by atoms with Gasteiger partial charge in [0.2, 0.25) is 5.91 Å². The van der Waals surface area contributed by atoms with Gasteiger partial charge in [-0.1, -0.05) is 12.1 Å². The second-order valence-corrected chi connectivity index (χ2v) is 5.49. The zero-order valence-corrected chi connectivity index (χ0v) is 11.7. The summed E-state index contributed by atoms with van der Waals surface area (Å²) in [6.07, 6.45) is 3.61. The van der Waals surface area contributed by atoms with Crippen molar-refractivity contribution in [3.8, 4) is 0 Å². The molecule has 1 atom stereocenters. The number of likely N-dealkylation sites (tertiary alicyclic amines) is 1. The van der Waals surface area contributed by atoms with Gasteiger partial charge < -0.3 is 10.0 Å². The first kappa shape index (κ1) is 13.9. The van der Waals surface area contributed by atoms with Crippen molar-refractivity contribution in [2.24, 2.45) is 0 Å². The summed E-state index contributed by atoms with van der Waals surface area (Å²) in [6.45, 7) is 0.554. The molecule has 4 nitrogen and oxygen atoms in total. The van der Waals surface area contributed by atoms with E-state index in [1.165, 1.54) is 4.90 Å². The number of aliphatic carboxylic acids is 1. The number of carboxylic acid groups (broad SMARTS) is 1. The van der Waals surface area contributed by atoms with Crippen molar-refractivity contribution in [3.05, 3.63) is 29.8 Å². The second kappa shape index (κ2) is 6.10. The number of carboxylic acids is 1. The van der Waals surface area contributed by atoms with Crippen LogP contribution in [-0.4, -0.2) is 40.7 Å². The van der Waals surface area contributed by atoms with E-state index >= 15 is 0 Å². The Labute approximate surface area is 116 Å². The summed E-state index contributed by atoms with van der Waals surface area (Å²) < 4.78 is 0. The summed E-state index contributed by atoms with van der Waals surface area (Å²) in [5.41, 5.74) is 0.929.